The number of H-pyrrole nitrogens is 2. The van der Waals surface area contributed by atoms with Gasteiger partial charge in [0.1, 0.15) is 18.1 Å². The summed E-state index contributed by atoms with van der Waals surface area (Å²) in [5, 5.41) is 8.45. The number of rotatable bonds is 44. The van der Waals surface area contributed by atoms with Gasteiger partial charge in [0.2, 0.25) is 5.91 Å². The minimum Gasteiger partial charge on any atom is -0.382 e. The Kier molecular flexibility index (Phi) is 50.2. The molecular weight excluding hydrogens is 1130 g/mol. The lowest BCUT2D eigenvalue weighted by atomic mass is 10.1. The number of hydrogen-bond acceptors (Lipinski definition) is 17. The molecule has 0 radical (unpaired) electrons. The van der Waals surface area contributed by atoms with Gasteiger partial charge in [-0.05, 0) is 51.6 Å². The van der Waals surface area contributed by atoms with Crippen molar-refractivity contribution < 1.29 is 47.2 Å². The second-order valence-electron chi connectivity index (χ2n) is 21.1. The third-order valence-electron chi connectivity index (χ3n) is 14.4. The van der Waals surface area contributed by atoms with E-state index in [0.717, 1.165) is 26.0 Å². The number of carbonyl (C=O) groups excluding carboxylic acids is 1. The van der Waals surface area contributed by atoms with Crippen LogP contribution < -0.4 is 22.5 Å². The highest BCUT2D eigenvalue weighted by atomic mass is 31.2. The van der Waals surface area contributed by atoms with Crippen LogP contribution in [0.15, 0.2) is 49.9 Å². The molecule has 24 heteroatoms. The number of amides is 1. The maximum Gasteiger partial charge on any atom is 0.330 e. The molecule has 0 bridgehead atoms. The van der Waals surface area contributed by atoms with Gasteiger partial charge in [-0.1, -0.05) is 162 Å². The van der Waals surface area contributed by atoms with E-state index in [4.69, 9.17) is 33.3 Å². The number of carbonyl (C=O) groups is 1. The third-order valence-corrected chi connectivity index (χ3v) is 15.0. The van der Waals surface area contributed by atoms with Crippen molar-refractivity contribution in [2.45, 2.75) is 240 Å². The van der Waals surface area contributed by atoms with Crippen LogP contribution in [0.2, 0.25) is 0 Å². The molecule has 2 aliphatic heterocycles. The van der Waals surface area contributed by atoms with Crippen LogP contribution >= 0.6 is 8.60 Å². The fourth-order valence-electron chi connectivity index (χ4n) is 9.75. The zero-order valence-electron chi connectivity index (χ0n) is 54.7. The van der Waals surface area contributed by atoms with Crippen LogP contribution in [0, 0.1) is 0 Å². The highest BCUT2D eigenvalue weighted by Gasteiger charge is 2.30. The smallest absolute Gasteiger partial charge is 0.330 e. The number of ether oxygens (including phenoxy) is 6. The summed E-state index contributed by atoms with van der Waals surface area (Å²) in [4.78, 5) is 75.5. The van der Waals surface area contributed by atoms with Crippen molar-refractivity contribution in [2.75, 3.05) is 93.8 Å². The van der Waals surface area contributed by atoms with E-state index in [-0.39, 0.29) is 24.3 Å². The average molecular weight is 1240 g/mol. The first kappa shape index (κ1) is 80.0. The number of hydrogen-bond donors (Lipinski definition) is 3. The number of methoxy groups -OCH3 is 1. The first-order valence-corrected chi connectivity index (χ1v) is 33.6. The van der Waals surface area contributed by atoms with E-state index in [0.29, 0.717) is 77.8 Å². The maximum atomic E-state index is 12.5. The van der Waals surface area contributed by atoms with E-state index in [1.165, 1.54) is 196 Å². The van der Waals surface area contributed by atoms with Gasteiger partial charge in [0.05, 0.1) is 77.7 Å². The highest BCUT2D eigenvalue weighted by Crippen LogP contribution is 2.29. The predicted octanol–water partition coefficient (Wildman–Crippen LogP) is 10.5. The van der Waals surface area contributed by atoms with Crippen molar-refractivity contribution in [1.82, 2.24) is 43.9 Å². The first-order chi connectivity index (χ1) is 41.9. The van der Waals surface area contributed by atoms with E-state index < -0.39 is 37.3 Å². The molecule has 5 heterocycles. The Morgan fingerprint density at radius 1 is 0.616 bits per heavy atom. The van der Waals surface area contributed by atoms with Crippen LogP contribution in [0.4, 0.5) is 0 Å². The van der Waals surface area contributed by atoms with Crippen LogP contribution in [0.25, 0.3) is 0 Å². The van der Waals surface area contributed by atoms with E-state index in [2.05, 4.69) is 48.1 Å². The first-order valence-electron chi connectivity index (χ1n) is 32.5. The van der Waals surface area contributed by atoms with Gasteiger partial charge < -0.3 is 52.2 Å². The number of nitrogens with one attached hydrogen (secondary N) is 2. The highest BCUT2D eigenvalue weighted by molar-refractivity contribution is 7.40. The van der Waals surface area contributed by atoms with Crippen molar-refractivity contribution >= 4 is 14.5 Å². The summed E-state index contributed by atoms with van der Waals surface area (Å²) in [6, 6.07) is 2.61. The number of nitrogens with zero attached hydrogens (tertiary/aromatic N) is 7. The lowest BCUT2D eigenvalue weighted by molar-refractivity contribution is -0.132. The van der Waals surface area contributed by atoms with E-state index in [1.54, 1.807) is 16.7 Å². The monoisotopic (exact) mass is 1240 g/mol. The minimum absolute atomic E-state index is 0.0221. The molecule has 3 N–H and O–H groups in total. The molecule has 4 atom stereocenters. The number of aromatic nitrogens is 7. The molecule has 0 aromatic carbocycles. The number of aromatic amines is 2. The Balaban J connectivity index is 0.00000117. The quantitative estimate of drug-likeness (QED) is 0.0351. The SMILES string of the molecule is CC.CC.CCCCCCCCCCCCN(CCCCCCCCCCCC)CCOCCOCCOCCn1cc(CN(CC2CCC(n3ccc(=O)[nH]c3=O)O2)C(C)=O)nn1.COCC1CCC(n2ccc(=O)[nH]c2=O)O1.COP(O)OC. The van der Waals surface area contributed by atoms with Crippen molar-refractivity contribution in [3.05, 3.63) is 78.1 Å². The summed E-state index contributed by atoms with van der Waals surface area (Å²) < 4.78 is 47.3. The Labute approximate surface area is 515 Å². The normalized spacial score (nSPS) is 16.2. The fourth-order valence-corrected chi connectivity index (χ4v) is 9.90. The molecule has 0 spiro atoms. The van der Waals surface area contributed by atoms with Crippen LogP contribution in [0.3, 0.4) is 0 Å². The molecule has 4 unspecified atom stereocenters. The molecule has 2 saturated heterocycles. The van der Waals surface area contributed by atoms with Gasteiger partial charge in [0, 0.05) is 65.9 Å². The Bertz CT molecular complexity index is 2270. The summed E-state index contributed by atoms with van der Waals surface area (Å²) in [6.07, 6.45) is 34.1. The largest absolute Gasteiger partial charge is 0.382 e. The third kappa shape index (κ3) is 38.4. The van der Waals surface area contributed by atoms with E-state index >= 15 is 0 Å². The van der Waals surface area contributed by atoms with Gasteiger partial charge >= 0.3 is 20.0 Å². The van der Waals surface area contributed by atoms with E-state index in [9.17, 15) is 24.0 Å². The summed E-state index contributed by atoms with van der Waals surface area (Å²) in [5.74, 6) is -0.104. The molecule has 1 amide bonds. The maximum absolute atomic E-state index is 12.5. The Morgan fingerprint density at radius 2 is 1.05 bits per heavy atom. The summed E-state index contributed by atoms with van der Waals surface area (Å²) >= 11 is 0. The second kappa shape index (κ2) is 54.0. The number of unbranched alkanes of at least 4 members (excludes halogenated alkanes) is 18. The van der Waals surface area contributed by atoms with Crippen molar-refractivity contribution in [1.29, 1.82) is 0 Å². The average Bonchev–Trinajstić information content (AvgIpc) is 3.30. The molecule has 23 nitrogen and oxygen atoms in total. The molecule has 5 rings (SSSR count). The van der Waals surface area contributed by atoms with Crippen LogP contribution in [-0.4, -0.2) is 161 Å². The van der Waals surface area contributed by atoms with Gasteiger partial charge in [-0.2, -0.15) is 0 Å². The topological polar surface area (TPSA) is 258 Å². The van der Waals surface area contributed by atoms with E-state index in [1.807, 2.05) is 33.9 Å². The standard InChI is InChI=1S/C46H83N7O7.C10H14N2O4.C2H7O3P.2C2H6/c1-4-6-8-10-12-14-16-18-20-22-27-50(28-23-21-19-17-15-13-11-9-7-5-2)30-32-57-34-36-59-37-35-58-33-31-52-39-42(48-49-52)38-51(41(3)54)40-43-24-25-45(60-43)53-29-26-44(55)47-46(53)56;1-15-6-7-2-3-9(16-7)12-5-4-8(13)11-10(12)14;1-4-6(3)5-2;2*1-2/h26,29,39,43,45H,4-25,27-28,30-38,40H2,1-3H3,(H,47,55,56);4-5,7,9H,2-3,6H2,1H3,(H,11,13,14);3H,1-2H3;2*1-2H3. The summed E-state index contributed by atoms with van der Waals surface area (Å²) in [7, 11) is 2.81. The van der Waals surface area contributed by atoms with Crippen LogP contribution in [0.1, 0.15) is 221 Å². The summed E-state index contributed by atoms with van der Waals surface area (Å²) in [6.45, 7) is 22.5. The molecule has 0 saturated carbocycles. The van der Waals surface area contributed by atoms with Gasteiger partial charge in [-0.3, -0.25) is 33.5 Å². The summed E-state index contributed by atoms with van der Waals surface area (Å²) in [5.41, 5.74) is -1.12. The van der Waals surface area contributed by atoms with Gasteiger partial charge in [0.25, 0.3) is 11.1 Å². The molecule has 498 valence electrons. The van der Waals surface area contributed by atoms with Crippen molar-refractivity contribution in [2.24, 2.45) is 0 Å². The zero-order chi connectivity index (χ0) is 63.4. The molecule has 3 aromatic heterocycles. The molecule has 86 heavy (non-hydrogen) atoms. The lowest BCUT2D eigenvalue weighted by Crippen LogP contribution is -2.36. The van der Waals surface area contributed by atoms with Gasteiger partial charge in [-0.15, -0.1) is 5.10 Å². The molecule has 2 fully saturated rings. The van der Waals surface area contributed by atoms with Crippen LogP contribution in [0.5, 0.6) is 0 Å². The zero-order valence-corrected chi connectivity index (χ0v) is 55.6. The molecule has 3 aromatic rings. The van der Waals surface area contributed by atoms with Gasteiger partial charge in [-0.25, -0.2) is 14.3 Å². The Morgan fingerprint density at radius 3 is 1.48 bits per heavy atom. The fraction of sp³-hybridized carbons (Fsp3) is 0.823. The van der Waals surface area contributed by atoms with Gasteiger partial charge in [0.15, 0.2) is 0 Å². The molecule has 2 aliphatic rings. The second-order valence-corrected chi connectivity index (χ2v) is 22.3. The van der Waals surface area contributed by atoms with Crippen molar-refractivity contribution in [3.63, 3.8) is 0 Å². The van der Waals surface area contributed by atoms with Crippen LogP contribution in [-0.2, 0) is 55.4 Å². The Hall–Kier alpha value is -4.00. The molecular formula is C62H116N9O14P. The van der Waals surface area contributed by atoms with Crippen molar-refractivity contribution in [3.8, 4) is 0 Å². The minimum atomic E-state index is -1.58. The molecule has 0 aliphatic carbocycles. The lowest BCUT2D eigenvalue weighted by Gasteiger charge is -2.24. The predicted molar refractivity (Wildman–Crippen MR) is 340 cm³/mol.